The third-order valence-electron chi connectivity index (χ3n) is 5.26. The molecule has 1 aromatic rings. The van der Waals surface area contributed by atoms with E-state index < -0.39 is 0 Å². The summed E-state index contributed by atoms with van der Waals surface area (Å²) >= 11 is 0. The fourth-order valence-corrected chi connectivity index (χ4v) is 3.92. The summed E-state index contributed by atoms with van der Waals surface area (Å²) in [6, 6.07) is 10.6. The molecule has 1 aromatic carbocycles. The minimum atomic E-state index is 0.728. The van der Waals surface area contributed by atoms with Gasteiger partial charge in [0.25, 0.3) is 0 Å². The normalized spacial score (nSPS) is 29.2. The molecule has 2 aliphatic rings. The Kier molecular flexibility index (Phi) is 3.93. The molecule has 1 N–H and O–H groups in total. The molecule has 2 aliphatic carbocycles. The first-order valence-corrected chi connectivity index (χ1v) is 8.05. The molecule has 0 bridgehead atoms. The van der Waals surface area contributed by atoms with Gasteiger partial charge in [0.2, 0.25) is 0 Å². The van der Waals surface area contributed by atoms with E-state index in [4.69, 9.17) is 0 Å². The molecule has 104 valence electrons. The standard InChI is InChI=1S/C18H27N/c1-13-6-5-9-16(10-13)17-11-18(12-17)19-14(2)15-7-3-4-8-15/h5-6,9-10,14-15,17-19H,3-4,7-8,11-12H2,1-2H3. The Hall–Kier alpha value is -0.820. The maximum absolute atomic E-state index is 3.87. The Bertz CT molecular complexity index is 413. The highest BCUT2D eigenvalue weighted by Gasteiger charge is 2.32. The molecular weight excluding hydrogens is 230 g/mol. The maximum Gasteiger partial charge on any atom is 0.00813 e. The molecule has 0 aliphatic heterocycles. The molecule has 0 saturated heterocycles. The summed E-state index contributed by atoms with van der Waals surface area (Å²) in [4.78, 5) is 0. The van der Waals surface area contributed by atoms with Crippen molar-refractivity contribution in [1.82, 2.24) is 5.32 Å². The van der Waals surface area contributed by atoms with Crippen LogP contribution in [0.5, 0.6) is 0 Å². The van der Waals surface area contributed by atoms with Crippen molar-refractivity contribution in [2.75, 3.05) is 0 Å². The molecule has 0 aromatic heterocycles. The molecule has 19 heavy (non-hydrogen) atoms. The van der Waals surface area contributed by atoms with Crippen LogP contribution in [0.4, 0.5) is 0 Å². The van der Waals surface area contributed by atoms with Crippen molar-refractivity contribution < 1.29 is 0 Å². The van der Waals surface area contributed by atoms with Crippen molar-refractivity contribution in [2.24, 2.45) is 5.92 Å². The van der Waals surface area contributed by atoms with Gasteiger partial charge in [0.05, 0.1) is 0 Å². The van der Waals surface area contributed by atoms with Gasteiger partial charge in [-0.05, 0) is 56.9 Å². The highest BCUT2D eigenvalue weighted by Crippen LogP contribution is 2.38. The minimum absolute atomic E-state index is 0.728. The van der Waals surface area contributed by atoms with Crippen molar-refractivity contribution in [3.8, 4) is 0 Å². The van der Waals surface area contributed by atoms with Crippen LogP contribution in [-0.4, -0.2) is 12.1 Å². The summed E-state index contributed by atoms with van der Waals surface area (Å²) in [6.45, 7) is 4.59. The predicted molar refractivity (Wildman–Crippen MR) is 81.5 cm³/mol. The quantitative estimate of drug-likeness (QED) is 0.842. The Morgan fingerprint density at radius 1 is 1.16 bits per heavy atom. The van der Waals surface area contributed by atoms with Gasteiger partial charge in [0.1, 0.15) is 0 Å². The zero-order chi connectivity index (χ0) is 13.2. The van der Waals surface area contributed by atoms with Crippen LogP contribution in [0, 0.1) is 12.8 Å². The largest absolute Gasteiger partial charge is 0.311 e. The van der Waals surface area contributed by atoms with E-state index in [1.165, 1.54) is 44.1 Å². The number of hydrogen-bond acceptors (Lipinski definition) is 1. The number of aryl methyl sites for hydroxylation is 1. The summed E-state index contributed by atoms with van der Waals surface area (Å²) in [5.74, 6) is 1.74. The molecule has 0 spiro atoms. The van der Waals surface area contributed by atoms with E-state index in [-0.39, 0.29) is 0 Å². The first kappa shape index (κ1) is 13.2. The molecule has 1 unspecified atom stereocenters. The van der Waals surface area contributed by atoms with Gasteiger partial charge in [-0.25, -0.2) is 0 Å². The average Bonchev–Trinajstić information content (AvgIpc) is 2.86. The van der Waals surface area contributed by atoms with Crippen molar-refractivity contribution in [3.05, 3.63) is 35.4 Å². The van der Waals surface area contributed by atoms with E-state index in [0.717, 1.165) is 23.9 Å². The van der Waals surface area contributed by atoms with Crippen LogP contribution < -0.4 is 5.32 Å². The van der Waals surface area contributed by atoms with Gasteiger partial charge in [0, 0.05) is 12.1 Å². The van der Waals surface area contributed by atoms with Crippen LogP contribution in [0.2, 0.25) is 0 Å². The number of rotatable bonds is 4. The molecule has 1 nitrogen and oxygen atoms in total. The van der Waals surface area contributed by atoms with Gasteiger partial charge in [0.15, 0.2) is 0 Å². The van der Waals surface area contributed by atoms with Crippen molar-refractivity contribution in [3.63, 3.8) is 0 Å². The van der Waals surface area contributed by atoms with E-state index in [1.807, 2.05) is 0 Å². The van der Waals surface area contributed by atoms with E-state index in [1.54, 1.807) is 5.56 Å². The lowest BCUT2D eigenvalue weighted by Crippen LogP contribution is -2.46. The molecule has 0 radical (unpaired) electrons. The Morgan fingerprint density at radius 2 is 1.89 bits per heavy atom. The van der Waals surface area contributed by atoms with Gasteiger partial charge in [-0.15, -0.1) is 0 Å². The zero-order valence-electron chi connectivity index (χ0n) is 12.4. The van der Waals surface area contributed by atoms with Gasteiger partial charge in [-0.1, -0.05) is 42.7 Å². The molecular formula is C18H27N. The highest BCUT2D eigenvalue weighted by atomic mass is 15.0. The molecule has 0 heterocycles. The minimum Gasteiger partial charge on any atom is -0.311 e. The Labute approximate surface area is 117 Å². The SMILES string of the molecule is Cc1cccc(C2CC(NC(C)C3CCCC3)C2)c1. The van der Waals surface area contributed by atoms with Crippen LogP contribution in [0.15, 0.2) is 24.3 Å². The van der Waals surface area contributed by atoms with Crippen LogP contribution in [0.1, 0.15) is 62.5 Å². The van der Waals surface area contributed by atoms with Gasteiger partial charge < -0.3 is 5.32 Å². The summed E-state index contributed by atoms with van der Waals surface area (Å²) in [5, 5.41) is 3.87. The van der Waals surface area contributed by atoms with Gasteiger partial charge in [-0.3, -0.25) is 0 Å². The number of benzene rings is 1. The summed E-state index contributed by atoms with van der Waals surface area (Å²) in [6.07, 6.45) is 8.46. The first-order chi connectivity index (χ1) is 9.22. The summed E-state index contributed by atoms with van der Waals surface area (Å²) in [7, 11) is 0. The van der Waals surface area contributed by atoms with E-state index >= 15 is 0 Å². The monoisotopic (exact) mass is 257 g/mol. The topological polar surface area (TPSA) is 12.0 Å². The second-order valence-electron chi connectivity index (χ2n) is 6.78. The van der Waals surface area contributed by atoms with E-state index in [2.05, 4.69) is 43.4 Å². The molecule has 3 rings (SSSR count). The lowest BCUT2D eigenvalue weighted by atomic mass is 9.75. The van der Waals surface area contributed by atoms with Crippen molar-refractivity contribution >= 4 is 0 Å². The summed E-state index contributed by atoms with van der Waals surface area (Å²) < 4.78 is 0. The second kappa shape index (κ2) is 5.66. The predicted octanol–water partition coefficient (Wildman–Crippen LogP) is 4.41. The summed E-state index contributed by atoms with van der Waals surface area (Å²) in [5.41, 5.74) is 2.94. The Balaban J connectivity index is 1.47. The number of nitrogens with one attached hydrogen (secondary N) is 1. The molecule has 2 saturated carbocycles. The Morgan fingerprint density at radius 3 is 2.58 bits per heavy atom. The molecule has 2 fully saturated rings. The van der Waals surface area contributed by atoms with Crippen LogP contribution >= 0.6 is 0 Å². The molecule has 0 amide bonds. The zero-order valence-corrected chi connectivity index (χ0v) is 12.4. The van der Waals surface area contributed by atoms with Crippen LogP contribution in [0.25, 0.3) is 0 Å². The average molecular weight is 257 g/mol. The van der Waals surface area contributed by atoms with E-state index in [0.29, 0.717) is 0 Å². The maximum atomic E-state index is 3.87. The molecule has 1 atom stereocenters. The van der Waals surface area contributed by atoms with Gasteiger partial charge in [-0.2, -0.15) is 0 Å². The first-order valence-electron chi connectivity index (χ1n) is 8.05. The lowest BCUT2D eigenvalue weighted by molar-refractivity contribution is 0.239. The fraction of sp³-hybridized carbons (Fsp3) is 0.667. The third kappa shape index (κ3) is 3.02. The van der Waals surface area contributed by atoms with E-state index in [9.17, 15) is 0 Å². The van der Waals surface area contributed by atoms with Crippen molar-refractivity contribution in [2.45, 2.75) is 70.4 Å². The van der Waals surface area contributed by atoms with Crippen LogP contribution in [-0.2, 0) is 0 Å². The highest BCUT2D eigenvalue weighted by molar-refractivity contribution is 5.27. The van der Waals surface area contributed by atoms with Crippen LogP contribution in [0.3, 0.4) is 0 Å². The number of hydrogen-bond donors (Lipinski definition) is 1. The third-order valence-corrected chi connectivity index (χ3v) is 5.26. The molecule has 1 heteroatoms. The smallest absolute Gasteiger partial charge is 0.00813 e. The lowest BCUT2D eigenvalue weighted by Gasteiger charge is -2.39. The van der Waals surface area contributed by atoms with Gasteiger partial charge >= 0.3 is 0 Å². The second-order valence-corrected chi connectivity index (χ2v) is 6.78. The fourth-order valence-electron chi connectivity index (χ4n) is 3.92. The van der Waals surface area contributed by atoms with Crippen molar-refractivity contribution in [1.29, 1.82) is 0 Å².